The third kappa shape index (κ3) is 4.73. The van der Waals surface area contributed by atoms with Crippen molar-refractivity contribution in [1.82, 2.24) is 15.1 Å². The Morgan fingerprint density at radius 2 is 1.93 bits per heavy atom. The Bertz CT molecular complexity index is 1120. The van der Waals surface area contributed by atoms with Gasteiger partial charge >= 0.3 is 0 Å². The Labute approximate surface area is 176 Å². The second-order valence-corrected chi connectivity index (χ2v) is 7.09. The summed E-state index contributed by atoms with van der Waals surface area (Å²) in [5.41, 5.74) is -0.0679. The van der Waals surface area contributed by atoms with Crippen molar-refractivity contribution in [3.05, 3.63) is 81.4 Å². The fraction of sp³-hybridized carbons (Fsp3) is 0.190. The van der Waals surface area contributed by atoms with Crippen molar-refractivity contribution in [3.8, 4) is 16.9 Å². The fourth-order valence-corrected chi connectivity index (χ4v) is 2.89. The molecule has 2 unspecified atom stereocenters. The number of nitrogens with zero attached hydrogens (tertiary/aromatic N) is 2. The van der Waals surface area contributed by atoms with Gasteiger partial charge in [-0.1, -0.05) is 29.8 Å². The lowest BCUT2D eigenvalue weighted by molar-refractivity contribution is 0.0756. The molecule has 9 heteroatoms. The molecule has 7 nitrogen and oxygen atoms in total. The Balaban J connectivity index is 2.16. The van der Waals surface area contributed by atoms with Gasteiger partial charge in [-0.25, -0.2) is 4.39 Å². The maximum Gasteiger partial charge on any atom is 0.284 e. The standard InChI is InChI=1S/C21H19ClFN3O4/c1-12(28)19(11-27)24-20(29)17-10-18(13-5-7-14(22)8-6-13)25-26(21(17)30)16-4-2-3-15(23)9-16/h2-10,12,19,27-28H,11H2,1H3,(H,24,29). The Morgan fingerprint density at radius 1 is 1.23 bits per heavy atom. The van der Waals surface area contributed by atoms with Crippen molar-refractivity contribution in [3.63, 3.8) is 0 Å². The van der Waals surface area contributed by atoms with Gasteiger partial charge in [0.2, 0.25) is 0 Å². The molecule has 3 aromatic rings. The minimum absolute atomic E-state index is 0.138. The van der Waals surface area contributed by atoms with E-state index in [1.54, 1.807) is 24.3 Å². The van der Waals surface area contributed by atoms with Gasteiger partial charge in [-0.3, -0.25) is 9.59 Å². The first-order valence-corrected chi connectivity index (χ1v) is 9.44. The molecule has 0 saturated carbocycles. The number of hydrogen-bond donors (Lipinski definition) is 3. The second-order valence-electron chi connectivity index (χ2n) is 6.65. The molecule has 0 bridgehead atoms. The summed E-state index contributed by atoms with van der Waals surface area (Å²) in [4.78, 5) is 25.7. The van der Waals surface area contributed by atoms with Gasteiger partial charge in [-0.15, -0.1) is 0 Å². The lowest BCUT2D eigenvalue weighted by atomic mass is 10.1. The van der Waals surface area contributed by atoms with Crippen LogP contribution in [-0.4, -0.2) is 44.7 Å². The van der Waals surface area contributed by atoms with E-state index >= 15 is 0 Å². The lowest BCUT2D eigenvalue weighted by Crippen LogP contribution is -2.46. The van der Waals surface area contributed by atoms with Gasteiger partial charge in [-0.05, 0) is 43.3 Å². The summed E-state index contributed by atoms with van der Waals surface area (Å²) in [6, 6.07) is 12.2. The van der Waals surface area contributed by atoms with E-state index in [1.165, 1.54) is 31.2 Å². The zero-order valence-corrected chi connectivity index (χ0v) is 16.7. The Hall–Kier alpha value is -3.07. The van der Waals surface area contributed by atoms with E-state index in [0.29, 0.717) is 10.6 Å². The van der Waals surface area contributed by atoms with Crippen molar-refractivity contribution < 1.29 is 19.4 Å². The van der Waals surface area contributed by atoms with Gasteiger partial charge < -0.3 is 15.5 Å². The molecule has 0 aliphatic carbocycles. The molecule has 2 aromatic carbocycles. The number of benzene rings is 2. The third-order valence-corrected chi connectivity index (χ3v) is 4.70. The van der Waals surface area contributed by atoms with Crippen LogP contribution in [0.1, 0.15) is 17.3 Å². The molecule has 1 heterocycles. The van der Waals surface area contributed by atoms with E-state index in [2.05, 4.69) is 10.4 Å². The highest BCUT2D eigenvalue weighted by molar-refractivity contribution is 6.30. The monoisotopic (exact) mass is 431 g/mol. The van der Waals surface area contributed by atoms with E-state index in [4.69, 9.17) is 11.6 Å². The molecule has 3 N–H and O–H groups in total. The van der Waals surface area contributed by atoms with E-state index in [1.807, 2.05) is 0 Å². The highest BCUT2D eigenvalue weighted by Crippen LogP contribution is 2.20. The molecule has 1 amide bonds. The first-order valence-electron chi connectivity index (χ1n) is 9.06. The van der Waals surface area contributed by atoms with E-state index in [-0.39, 0.29) is 16.9 Å². The van der Waals surface area contributed by atoms with E-state index in [0.717, 1.165) is 10.7 Å². The molecule has 0 spiro atoms. The summed E-state index contributed by atoms with van der Waals surface area (Å²) >= 11 is 5.92. The lowest BCUT2D eigenvalue weighted by Gasteiger charge is -2.19. The first kappa shape index (κ1) is 21.6. The fourth-order valence-electron chi connectivity index (χ4n) is 2.77. The van der Waals surface area contributed by atoms with Crippen LogP contribution in [0.5, 0.6) is 0 Å². The molecule has 0 radical (unpaired) electrons. The average molecular weight is 432 g/mol. The zero-order chi connectivity index (χ0) is 21.8. The minimum Gasteiger partial charge on any atom is -0.394 e. The molecule has 0 aliphatic heterocycles. The summed E-state index contributed by atoms with van der Waals surface area (Å²) in [6.45, 7) is 0.883. The van der Waals surface area contributed by atoms with Crippen LogP contribution >= 0.6 is 11.6 Å². The number of nitrogens with one attached hydrogen (secondary N) is 1. The number of aliphatic hydroxyl groups excluding tert-OH is 2. The average Bonchev–Trinajstić information content (AvgIpc) is 2.72. The van der Waals surface area contributed by atoms with Gasteiger partial charge in [0, 0.05) is 10.6 Å². The highest BCUT2D eigenvalue weighted by atomic mass is 35.5. The first-order chi connectivity index (χ1) is 14.3. The summed E-state index contributed by atoms with van der Waals surface area (Å²) in [7, 11) is 0. The molecule has 2 atom stereocenters. The molecule has 1 aromatic heterocycles. The van der Waals surface area contributed by atoms with Crippen LogP contribution in [0.2, 0.25) is 5.02 Å². The summed E-state index contributed by atoms with van der Waals surface area (Å²) in [5, 5.41) is 26.2. The summed E-state index contributed by atoms with van der Waals surface area (Å²) in [6.07, 6.45) is -1.04. The second kappa shape index (κ2) is 9.17. The SMILES string of the molecule is CC(O)C(CO)NC(=O)c1cc(-c2ccc(Cl)cc2)nn(-c2cccc(F)c2)c1=O. The largest absolute Gasteiger partial charge is 0.394 e. The zero-order valence-electron chi connectivity index (χ0n) is 15.9. The highest BCUT2D eigenvalue weighted by Gasteiger charge is 2.22. The van der Waals surface area contributed by atoms with Crippen LogP contribution < -0.4 is 10.9 Å². The van der Waals surface area contributed by atoms with Gasteiger partial charge in [0.05, 0.1) is 30.1 Å². The van der Waals surface area contributed by atoms with Gasteiger partial charge in [0.15, 0.2) is 0 Å². The van der Waals surface area contributed by atoms with Gasteiger partial charge in [0.1, 0.15) is 11.4 Å². The van der Waals surface area contributed by atoms with Crippen LogP contribution in [0.4, 0.5) is 4.39 Å². The number of rotatable bonds is 6. The molecule has 0 fully saturated rings. The molecule has 0 saturated heterocycles. The van der Waals surface area contributed by atoms with Crippen molar-refractivity contribution in [2.24, 2.45) is 0 Å². The molecule has 30 heavy (non-hydrogen) atoms. The van der Waals surface area contributed by atoms with Crippen LogP contribution in [0, 0.1) is 5.82 Å². The number of aliphatic hydroxyl groups is 2. The van der Waals surface area contributed by atoms with Crippen molar-refractivity contribution in [1.29, 1.82) is 0 Å². The van der Waals surface area contributed by atoms with Gasteiger partial charge in [0.25, 0.3) is 11.5 Å². The summed E-state index contributed by atoms with van der Waals surface area (Å²) < 4.78 is 14.7. The Morgan fingerprint density at radius 3 is 2.53 bits per heavy atom. The smallest absolute Gasteiger partial charge is 0.284 e. The number of aromatic nitrogens is 2. The summed E-state index contributed by atoms with van der Waals surface area (Å²) in [5.74, 6) is -1.37. The van der Waals surface area contributed by atoms with Crippen LogP contribution in [0.25, 0.3) is 16.9 Å². The molecule has 0 aliphatic rings. The predicted octanol–water partition coefficient (Wildman–Crippen LogP) is 2.16. The van der Waals surface area contributed by atoms with Crippen LogP contribution in [-0.2, 0) is 0 Å². The maximum absolute atomic E-state index is 13.7. The molecular weight excluding hydrogens is 413 g/mol. The van der Waals surface area contributed by atoms with Crippen molar-refractivity contribution >= 4 is 17.5 Å². The number of halogens is 2. The molecular formula is C21H19ClFN3O4. The van der Waals surface area contributed by atoms with Crippen molar-refractivity contribution in [2.75, 3.05) is 6.61 Å². The van der Waals surface area contributed by atoms with E-state index in [9.17, 15) is 24.2 Å². The number of carbonyl (C=O) groups is 1. The molecule has 156 valence electrons. The maximum atomic E-state index is 13.7. The van der Waals surface area contributed by atoms with Crippen LogP contribution in [0.3, 0.4) is 0 Å². The van der Waals surface area contributed by atoms with E-state index < -0.39 is 36.0 Å². The number of amides is 1. The quantitative estimate of drug-likeness (QED) is 0.555. The Kier molecular flexibility index (Phi) is 6.61. The normalized spacial score (nSPS) is 13.0. The number of carbonyl (C=O) groups excluding carboxylic acids is 1. The van der Waals surface area contributed by atoms with Crippen LogP contribution in [0.15, 0.2) is 59.4 Å². The topological polar surface area (TPSA) is 104 Å². The van der Waals surface area contributed by atoms with Gasteiger partial charge in [-0.2, -0.15) is 9.78 Å². The minimum atomic E-state index is -1.04. The predicted molar refractivity (Wildman–Crippen MR) is 110 cm³/mol. The third-order valence-electron chi connectivity index (χ3n) is 4.44. The van der Waals surface area contributed by atoms with Crippen molar-refractivity contribution in [2.45, 2.75) is 19.1 Å². The number of hydrogen-bond acceptors (Lipinski definition) is 5. The molecule has 3 rings (SSSR count).